The molecule has 3 aromatic heterocycles. The van der Waals surface area contributed by atoms with Gasteiger partial charge < -0.3 is 8.98 Å². The number of pyridine rings is 1. The summed E-state index contributed by atoms with van der Waals surface area (Å²) in [7, 11) is 2.06. The zero-order valence-corrected chi connectivity index (χ0v) is 12.6. The van der Waals surface area contributed by atoms with Crippen LogP contribution in [0.4, 0.5) is 0 Å². The molecule has 0 N–H and O–H groups in total. The van der Waals surface area contributed by atoms with Crippen LogP contribution in [0.1, 0.15) is 0 Å². The first-order valence-corrected chi connectivity index (χ1v) is 7.97. The number of furan rings is 1. The Balaban J connectivity index is 2.19. The molecule has 0 spiro atoms. The van der Waals surface area contributed by atoms with Gasteiger partial charge in [0, 0.05) is 34.5 Å². The lowest BCUT2D eigenvalue weighted by atomic mass is 10.1. The molecule has 0 bridgehead atoms. The van der Waals surface area contributed by atoms with Gasteiger partial charge >= 0.3 is 0 Å². The molecule has 0 radical (unpaired) electrons. The van der Waals surface area contributed by atoms with Crippen molar-refractivity contribution in [2.75, 3.05) is 6.26 Å². The fraction of sp³-hybridized carbons (Fsp3) is 0.118. The number of fused-ring (bicyclic) bond motifs is 3. The number of hydrogen-bond donors (Lipinski definition) is 0. The van der Waals surface area contributed by atoms with Gasteiger partial charge in [-0.2, -0.15) is 0 Å². The summed E-state index contributed by atoms with van der Waals surface area (Å²) < 4.78 is 7.72. The number of thioether (sulfide) groups is 1. The predicted octanol–water partition coefficient (Wildman–Crippen LogP) is 4.71. The van der Waals surface area contributed by atoms with Crippen LogP contribution in [0.3, 0.4) is 0 Å². The van der Waals surface area contributed by atoms with Gasteiger partial charge in [-0.05, 0) is 24.5 Å². The number of para-hydroxylation sites is 1. The predicted molar refractivity (Wildman–Crippen MR) is 87.7 cm³/mol. The molecular weight excluding hydrogens is 280 g/mol. The third-order valence-electron chi connectivity index (χ3n) is 3.85. The quantitative estimate of drug-likeness (QED) is 0.502. The van der Waals surface area contributed by atoms with E-state index in [1.54, 1.807) is 18.0 Å². The summed E-state index contributed by atoms with van der Waals surface area (Å²) in [4.78, 5) is 5.89. The maximum absolute atomic E-state index is 5.57. The summed E-state index contributed by atoms with van der Waals surface area (Å²) in [6, 6.07) is 12.3. The molecule has 0 amide bonds. The van der Waals surface area contributed by atoms with E-state index in [2.05, 4.69) is 47.1 Å². The highest BCUT2D eigenvalue weighted by Crippen LogP contribution is 2.39. The van der Waals surface area contributed by atoms with Crippen LogP contribution in [-0.2, 0) is 7.05 Å². The number of rotatable bonds is 2. The minimum atomic E-state index is 0.863. The second-order valence-corrected chi connectivity index (χ2v) is 5.77. The molecule has 0 saturated carbocycles. The first-order valence-electron chi connectivity index (χ1n) is 6.75. The van der Waals surface area contributed by atoms with E-state index in [1.807, 2.05) is 18.3 Å². The first-order chi connectivity index (χ1) is 10.3. The van der Waals surface area contributed by atoms with Gasteiger partial charge in [-0.3, -0.25) is 0 Å². The zero-order valence-electron chi connectivity index (χ0n) is 11.8. The van der Waals surface area contributed by atoms with Crippen LogP contribution >= 0.6 is 11.8 Å². The SMILES string of the molecule is CSc1c(-c2ccco2)cnc2c1c1ccccc1n2C. The van der Waals surface area contributed by atoms with Gasteiger partial charge in [-0.25, -0.2) is 4.98 Å². The largest absolute Gasteiger partial charge is 0.464 e. The van der Waals surface area contributed by atoms with Crippen LogP contribution in [0.25, 0.3) is 33.3 Å². The maximum atomic E-state index is 5.57. The molecule has 0 unspecified atom stereocenters. The number of benzene rings is 1. The van der Waals surface area contributed by atoms with Crippen molar-refractivity contribution in [3.63, 3.8) is 0 Å². The minimum absolute atomic E-state index is 0.863. The summed E-state index contributed by atoms with van der Waals surface area (Å²) >= 11 is 1.74. The fourth-order valence-corrected chi connectivity index (χ4v) is 3.67. The van der Waals surface area contributed by atoms with Gasteiger partial charge in [0.1, 0.15) is 11.4 Å². The number of aromatic nitrogens is 2. The molecule has 4 rings (SSSR count). The van der Waals surface area contributed by atoms with E-state index in [0.717, 1.165) is 17.0 Å². The van der Waals surface area contributed by atoms with Gasteiger partial charge in [0.15, 0.2) is 0 Å². The van der Waals surface area contributed by atoms with Crippen LogP contribution in [-0.4, -0.2) is 15.8 Å². The van der Waals surface area contributed by atoms with Crippen molar-refractivity contribution in [2.24, 2.45) is 7.05 Å². The number of aryl methyl sites for hydroxylation is 1. The van der Waals surface area contributed by atoms with E-state index >= 15 is 0 Å². The fourth-order valence-electron chi connectivity index (χ4n) is 2.89. The van der Waals surface area contributed by atoms with Crippen LogP contribution in [0.5, 0.6) is 0 Å². The van der Waals surface area contributed by atoms with E-state index in [9.17, 15) is 0 Å². The Morgan fingerprint density at radius 3 is 2.76 bits per heavy atom. The van der Waals surface area contributed by atoms with E-state index in [4.69, 9.17) is 4.42 Å². The average Bonchev–Trinajstić information content (AvgIpc) is 3.15. The Hall–Kier alpha value is -2.20. The Bertz CT molecular complexity index is 938. The maximum Gasteiger partial charge on any atom is 0.141 e. The molecule has 4 aromatic rings. The molecular formula is C17H14N2OS. The van der Waals surface area contributed by atoms with E-state index in [-0.39, 0.29) is 0 Å². The van der Waals surface area contributed by atoms with Crippen molar-refractivity contribution in [3.8, 4) is 11.3 Å². The summed E-state index contributed by atoms with van der Waals surface area (Å²) in [5.74, 6) is 0.863. The molecule has 0 aliphatic carbocycles. The standard InChI is InChI=1S/C17H14N2OS/c1-19-13-7-4-3-6-11(13)15-16(21-2)12(10-18-17(15)19)14-8-5-9-20-14/h3-10H,1-2H3. The van der Waals surface area contributed by atoms with Gasteiger partial charge in [0.2, 0.25) is 0 Å². The third-order valence-corrected chi connectivity index (χ3v) is 4.69. The highest BCUT2D eigenvalue weighted by atomic mass is 32.2. The second-order valence-electron chi connectivity index (χ2n) is 4.96. The Labute approximate surface area is 126 Å². The third kappa shape index (κ3) is 1.72. The summed E-state index contributed by atoms with van der Waals surface area (Å²) in [5.41, 5.74) is 3.26. The average molecular weight is 294 g/mol. The Kier molecular flexibility index (Phi) is 2.79. The van der Waals surface area contributed by atoms with Crippen molar-refractivity contribution in [1.29, 1.82) is 0 Å². The van der Waals surface area contributed by atoms with Crippen molar-refractivity contribution in [1.82, 2.24) is 9.55 Å². The first kappa shape index (κ1) is 12.5. The lowest BCUT2D eigenvalue weighted by Crippen LogP contribution is -1.91. The van der Waals surface area contributed by atoms with Gasteiger partial charge in [-0.1, -0.05) is 18.2 Å². The lowest BCUT2D eigenvalue weighted by molar-refractivity contribution is 0.581. The molecule has 0 saturated heterocycles. The van der Waals surface area contributed by atoms with Gasteiger partial charge in [-0.15, -0.1) is 11.8 Å². The smallest absolute Gasteiger partial charge is 0.141 e. The van der Waals surface area contributed by atoms with Crippen molar-refractivity contribution < 1.29 is 4.42 Å². The number of hydrogen-bond acceptors (Lipinski definition) is 3. The second kappa shape index (κ2) is 4.67. The van der Waals surface area contributed by atoms with Crippen LogP contribution < -0.4 is 0 Å². The van der Waals surface area contributed by atoms with Gasteiger partial charge in [0.05, 0.1) is 11.8 Å². The molecule has 3 nitrogen and oxygen atoms in total. The zero-order chi connectivity index (χ0) is 14.4. The van der Waals surface area contributed by atoms with Crippen LogP contribution in [0.2, 0.25) is 0 Å². The number of nitrogens with zero attached hydrogens (tertiary/aromatic N) is 2. The lowest BCUT2D eigenvalue weighted by Gasteiger charge is -2.06. The van der Waals surface area contributed by atoms with Crippen LogP contribution in [0, 0.1) is 0 Å². The monoisotopic (exact) mass is 294 g/mol. The van der Waals surface area contributed by atoms with Crippen molar-refractivity contribution in [3.05, 3.63) is 48.9 Å². The van der Waals surface area contributed by atoms with E-state index in [1.165, 1.54) is 21.2 Å². The molecule has 104 valence electrons. The summed E-state index contributed by atoms with van der Waals surface area (Å²) in [6.07, 6.45) is 5.71. The molecule has 21 heavy (non-hydrogen) atoms. The summed E-state index contributed by atoms with van der Waals surface area (Å²) in [6.45, 7) is 0. The highest BCUT2D eigenvalue weighted by molar-refractivity contribution is 7.99. The molecule has 0 fully saturated rings. The molecule has 0 aliphatic heterocycles. The molecule has 3 heterocycles. The highest BCUT2D eigenvalue weighted by Gasteiger charge is 2.17. The molecule has 0 atom stereocenters. The van der Waals surface area contributed by atoms with E-state index < -0.39 is 0 Å². The van der Waals surface area contributed by atoms with Gasteiger partial charge in [0.25, 0.3) is 0 Å². The Morgan fingerprint density at radius 1 is 1.14 bits per heavy atom. The minimum Gasteiger partial charge on any atom is -0.464 e. The van der Waals surface area contributed by atoms with Crippen LogP contribution in [0.15, 0.2) is 58.2 Å². The summed E-state index contributed by atoms with van der Waals surface area (Å²) in [5, 5.41) is 2.44. The van der Waals surface area contributed by atoms with Crippen molar-refractivity contribution in [2.45, 2.75) is 4.90 Å². The molecule has 4 heteroatoms. The Morgan fingerprint density at radius 2 is 2.00 bits per heavy atom. The topological polar surface area (TPSA) is 31.0 Å². The molecule has 1 aromatic carbocycles. The van der Waals surface area contributed by atoms with E-state index in [0.29, 0.717) is 0 Å². The van der Waals surface area contributed by atoms with Crippen molar-refractivity contribution >= 4 is 33.7 Å². The normalized spacial score (nSPS) is 11.5. The molecule has 0 aliphatic rings.